The van der Waals surface area contributed by atoms with Crippen LogP contribution in [0, 0.1) is 0 Å². The average Bonchev–Trinajstić information content (AvgIpc) is 3.18. The van der Waals surface area contributed by atoms with Crippen molar-refractivity contribution in [2.24, 2.45) is 0 Å². The normalized spacial score (nSPS) is 12.7. The third-order valence-electron chi connectivity index (χ3n) is 5.47. The average molecular weight is 370 g/mol. The lowest BCUT2D eigenvalue weighted by atomic mass is 10.1. The van der Waals surface area contributed by atoms with Crippen LogP contribution in [-0.2, 0) is 19.5 Å². The molecule has 3 heteroatoms. The van der Waals surface area contributed by atoms with E-state index in [1.165, 1.54) is 22.4 Å². The minimum atomic E-state index is 0.0873. The molecule has 28 heavy (non-hydrogen) atoms. The summed E-state index contributed by atoms with van der Waals surface area (Å²) in [7, 11) is 1.89. The zero-order valence-corrected chi connectivity index (χ0v) is 16.3. The van der Waals surface area contributed by atoms with Crippen molar-refractivity contribution >= 4 is 11.6 Å². The minimum absolute atomic E-state index is 0.0873. The number of hydrogen-bond acceptors (Lipinski definition) is 2. The summed E-state index contributed by atoms with van der Waals surface area (Å²) in [5.41, 5.74) is 6.02. The van der Waals surface area contributed by atoms with Gasteiger partial charge in [-0.3, -0.25) is 4.79 Å². The number of anilines is 1. The van der Waals surface area contributed by atoms with E-state index in [-0.39, 0.29) is 5.91 Å². The van der Waals surface area contributed by atoms with Gasteiger partial charge in [-0.2, -0.15) is 0 Å². The molecule has 0 spiro atoms. The number of hydrogen-bond donors (Lipinski definition) is 0. The molecule has 0 fully saturated rings. The van der Waals surface area contributed by atoms with Gasteiger partial charge >= 0.3 is 0 Å². The molecule has 3 aromatic rings. The molecule has 0 aliphatic carbocycles. The summed E-state index contributed by atoms with van der Waals surface area (Å²) < 4.78 is 0. The van der Waals surface area contributed by atoms with E-state index < -0.39 is 0 Å². The van der Waals surface area contributed by atoms with Gasteiger partial charge in [-0.05, 0) is 53.8 Å². The molecule has 142 valence electrons. The SMILES string of the molecule is CN(CCCc1ccccc1)C(=O)c1ccc(N2Cc3ccccc3C2)cc1. The molecule has 3 nitrogen and oxygen atoms in total. The summed E-state index contributed by atoms with van der Waals surface area (Å²) in [5, 5.41) is 0. The highest BCUT2D eigenvalue weighted by Gasteiger charge is 2.19. The maximum Gasteiger partial charge on any atom is 0.253 e. The third kappa shape index (κ3) is 4.09. The Labute approximate surface area is 167 Å². The van der Waals surface area contributed by atoms with E-state index >= 15 is 0 Å². The van der Waals surface area contributed by atoms with Crippen molar-refractivity contribution in [1.29, 1.82) is 0 Å². The summed E-state index contributed by atoms with van der Waals surface area (Å²) >= 11 is 0. The highest BCUT2D eigenvalue weighted by atomic mass is 16.2. The number of carbonyl (C=O) groups excluding carboxylic acids is 1. The number of fused-ring (bicyclic) bond motifs is 1. The van der Waals surface area contributed by atoms with Crippen LogP contribution in [0.25, 0.3) is 0 Å². The molecular formula is C25H26N2O. The predicted octanol–water partition coefficient (Wildman–Crippen LogP) is 4.91. The van der Waals surface area contributed by atoms with E-state index in [2.05, 4.69) is 65.6 Å². The van der Waals surface area contributed by atoms with Gasteiger partial charge in [0.25, 0.3) is 5.91 Å². The van der Waals surface area contributed by atoms with Crippen LogP contribution >= 0.6 is 0 Å². The van der Waals surface area contributed by atoms with E-state index in [4.69, 9.17) is 0 Å². The largest absolute Gasteiger partial charge is 0.363 e. The second-order valence-electron chi connectivity index (χ2n) is 7.49. The van der Waals surface area contributed by atoms with Gasteiger partial charge in [0, 0.05) is 37.9 Å². The smallest absolute Gasteiger partial charge is 0.253 e. The predicted molar refractivity (Wildman–Crippen MR) is 114 cm³/mol. The topological polar surface area (TPSA) is 23.6 Å². The number of rotatable bonds is 6. The van der Waals surface area contributed by atoms with Gasteiger partial charge in [0.05, 0.1) is 0 Å². The van der Waals surface area contributed by atoms with Crippen LogP contribution in [0.3, 0.4) is 0 Å². The summed E-state index contributed by atoms with van der Waals surface area (Å²) in [5.74, 6) is 0.0873. The van der Waals surface area contributed by atoms with Gasteiger partial charge in [0.2, 0.25) is 0 Å². The van der Waals surface area contributed by atoms with Crippen LogP contribution in [0.15, 0.2) is 78.9 Å². The zero-order chi connectivity index (χ0) is 19.3. The molecule has 1 aliphatic heterocycles. The standard InChI is InChI=1S/C25H26N2O/c1-26(17-7-10-20-8-3-2-4-9-20)25(28)21-13-15-24(16-14-21)27-18-22-11-5-6-12-23(22)19-27/h2-6,8-9,11-16H,7,10,17-19H2,1H3. The molecule has 0 radical (unpaired) electrons. The van der Waals surface area contributed by atoms with Gasteiger partial charge in [0.1, 0.15) is 0 Å². The number of benzene rings is 3. The van der Waals surface area contributed by atoms with Crippen molar-refractivity contribution in [2.75, 3.05) is 18.5 Å². The van der Waals surface area contributed by atoms with Crippen molar-refractivity contribution in [2.45, 2.75) is 25.9 Å². The molecule has 0 aromatic heterocycles. The van der Waals surface area contributed by atoms with Crippen molar-refractivity contribution in [3.8, 4) is 0 Å². The molecule has 0 N–H and O–H groups in total. The van der Waals surface area contributed by atoms with Crippen molar-refractivity contribution in [3.05, 3.63) is 101 Å². The first-order valence-corrected chi connectivity index (χ1v) is 9.92. The van der Waals surface area contributed by atoms with E-state index in [0.29, 0.717) is 0 Å². The Balaban J connectivity index is 1.32. The van der Waals surface area contributed by atoms with Gasteiger partial charge in [-0.1, -0.05) is 54.6 Å². The van der Waals surface area contributed by atoms with E-state index in [1.54, 1.807) is 0 Å². The van der Waals surface area contributed by atoms with Crippen molar-refractivity contribution in [1.82, 2.24) is 4.90 Å². The van der Waals surface area contributed by atoms with Crippen molar-refractivity contribution in [3.63, 3.8) is 0 Å². The summed E-state index contributed by atoms with van der Waals surface area (Å²) in [6.07, 6.45) is 1.96. The molecule has 0 saturated carbocycles. The Kier molecular flexibility index (Phi) is 5.43. The first-order valence-electron chi connectivity index (χ1n) is 9.92. The van der Waals surface area contributed by atoms with Crippen LogP contribution in [0.5, 0.6) is 0 Å². The van der Waals surface area contributed by atoms with Crippen LogP contribution in [0.2, 0.25) is 0 Å². The Morgan fingerprint density at radius 2 is 1.46 bits per heavy atom. The number of amides is 1. The fourth-order valence-corrected chi connectivity index (χ4v) is 3.82. The van der Waals surface area contributed by atoms with Gasteiger partial charge in [0.15, 0.2) is 0 Å². The van der Waals surface area contributed by atoms with E-state index in [0.717, 1.165) is 38.0 Å². The fourth-order valence-electron chi connectivity index (χ4n) is 3.82. The highest BCUT2D eigenvalue weighted by Crippen LogP contribution is 2.28. The molecule has 1 amide bonds. The zero-order valence-electron chi connectivity index (χ0n) is 16.3. The van der Waals surface area contributed by atoms with Crippen LogP contribution in [0.4, 0.5) is 5.69 Å². The minimum Gasteiger partial charge on any atom is -0.363 e. The summed E-state index contributed by atoms with van der Waals surface area (Å²) in [6, 6.07) is 27.0. The van der Waals surface area contributed by atoms with Gasteiger partial charge in [-0.25, -0.2) is 0 Å². The third-order valence-corrected chi connectivity index (χ3v) is 5.47. The lowest BCUT2D eigenvalue weighted by molar-refractivity contribution is 0.0793. The number of aryl methyl sites for hydroxylation is 1. The van der Waals surface area contributed by atoms with Crippen LogP contribution < -0.4 is 4.90 Å². The fraction of sp³-hybridized carbons (Fsp3) is 0.240. The Bertz CT molecular complexity index is 909. The monoisotopic (exact) mass is 370 g/mol. The molecule has 0 bridgehead atoms. The lowest BCUT2D eigenvalue weighted by Gasteiger charge is -2.20. The van der Waals surface area contributed by atoms with Gasteiger partial charge < -0.3 is 9.80 Å². The van der Waals surface area contributed by atoms with Crippen molar-refractivity contribution < 1.29 is 4.79 Å². The number of carbonyl (C=O) groups is 1. The first-order chi connectivity index (χ1) is 13.7. The molecule has 1 aliphatic rings. The Hall–Kier alpha value is -3.07. The van der Waals surface area contributed by atoms with E-state index in [9.17, 15) is 4.79 Å². The molecule has 3 aromatic carbocycles. The second-order valence-corrected chi connectivity index (χ2v) is 7.49. The first kappa shape index (κ1) is 18.3. The lowest BCUT2D eigenvalue weighted by Crippen LogP contribution is -2.28. The molecule has 0 atom stereocenters. The molecule has 1 heterocycles. The molecule has 0 saturated heterocycles. The van der Waals surface area contributed by atoms with Gasteiger partial charge in [-0.15, -0.1) is 0 Å². The van der Waals surface area contributed by atoms with Crippen LogP contribution in [0.1, 0.15) is 33.5 Å². The Morgan fingerprint density at radius 3 is 2.11 bits per heavy atom. The second kappa shape index (κ2) is 8.30. The Morgan fingerprint density at radius 1 is 0.857 bits per heavy atom. The summed E-state index contributed by atoms with van der Waals surface area (Å²) in [4.78, 5) is 16.9. The molecular weight excluding hydrogens is 344 g/mol. The summed E-state index contributed by atoms with van der Waals surface area (Å²) in [6.45, 7) is 2.63. The number of nitrogens with zero attached hydrogens (tertiary/aromatic N) is 2. The quantitative estimate of drug-likeness (QED) is 0.615. The van der Waals surface area contributed by atoms with Crippen LogP contribution in [-0.4, -0.2) is 24.4 Å². The highest BCUT2D eigenvalue weighted by molar-refractivity contribution is 5.94. The molecule has 0 unspecified atom stereocenters. The maximum absolute atomic E-state index is 12.7. The maximum atomic E-state index is 12.7. The van der Waals surface area contributed by atoms with E-state index in [1.807, 2.05) is 30.1 Å². The molecule has 4 rings (SSSR count).